The molecular formula is C16H20N2O2. The lowest BCUT2D eigenvalue weighted by Gasteiger charge is -2.11. The molecule has 0 bridgehead atoms. The van der Waals surface area contributed by atoms with E-state index in [2.05, 4.69) is 22.7 Å². The second-order valence-corrected chi connectivity index (χ2v) is 4.72. The van der Waals surface area contributed by atoms with Gasteiger partial charge in [-0.15, -0.1) is 0 Å². The molecule has 1 amide bonds. The van der Waals surface area contributed by atoms with Gasteiger partial charge in [0.25, 0.3) is 5.91 Å². The van der Waals surface area contributed by atoms with Crippen LogP contribution < -0.4 is 10.2 Å². The minimum atomic E-state index is -0.198. The van der Waals surface area contributed by atoms with Crippen LogP contribution in [-0.4, -0.2) is 18.7 Å². The molecule has 0 fully saturated rings. The predicted octanol–water partition coefficient (Wildman–Crippen LogP) is 3.16. The molecular weight excluding hydrogens is 252 g/mol. The molecule has 1 aromatic rings. The molecule has 0 aliphatic heterocycles. The van der Waals surface area contributed by atoms with E-state index in [1.165, 1.54) is 0 Å². The zero-order chi connectivity index (χ0) is 14.2. The lowest BCUT2D eigenvalue weighted by Crippen LogP contribution is -2.18. The van der Waals surface area contributed by atoms with Gasteiger partial charge in [-0.05, 0) is 56.4 Å². The van der Waals surface area contributed by atoms with Crippen molar-refractivity contribution in [1.29, 1.82) is 0 Å². The second kappa shape index (κ2) is 7.48. The Morgan fingerprint density at radius 1 is 1.40 bits per heavy atom. The van der Waals surface area contributed by atoms with E-state index >= 15 is 0 Å². The molecule has 0 spiro atoms. The predicted molar refractivity (Wildman–Crippen MR) is 80.1 cm³/mol. The highest BCUT2D eigenvalue weighted by Gasteiger charge is 2.07. The van der Waals surface area contributed by atoms with Gasteiger partial charge < -0.3 is 4.74 Å². The molecule has 106 valence electrons. The third kappa shape index (κ3) is 4.23. The first-order chi connectivity index (χ1) is 9.79. The molecule has 4 nitrogen and oxygen atoms in total. The van der Waals surface area contributed by atoms with Gasteiger partial charge in [-0.1, -0.05) is 12.2 Å². The SMILES string of the molecule is CCOc1ccc(C(=O)N/N=C\[C@H]2CC=CCC2)cc1. The van der Waals surface area contributed by atoms with E-state index in [-0.39, 0.29) is 5.91 Å². The molecule has 20 heavy (non-hydrogen) atoms. The summed E-state index contributed by atoms with van der Waals surface area (Å²) in [6, 6.07) is 7.04. The number of rotatable bonds is 5. The maximum absolute atomic E-state index is 11.9. The summed E-state index contributed by atoms with van der Waals surface area (Å²) in [6.07, 6.45) is 9.36. The fourth-order valence-electron chi connectivity index (χ4n) is 2.09. The second-order valence-electron chi connectivity index (χ2n) is 4.72. The normalized spacial score (nSPS) is 18.1. The maximum atomic E-state index is 11.9. The molecule has 1 aliphatic carbocycles. The van der Waals surface area contributed by atoms with E-state index in [0.29, 0.717) is 18.1 Å². The average Bonchev–Trinajstić information content (AvgIpc) is 2.49. The van der Waals surface area contributed by atoms with E-state index in [0.717, 1.165) is 25.0 Å². The van der Waals surface area contributed by atoms with Gasteiger partial charge in [0.05, 0.1) is 6.61 Å². The van der Waals surface area contributed by atoms with Gasteiger partial charge in [0.2, 0.25) is 0 Å². The summed E-state index contributed by atoms with van der Waals surface area (Å²) in [6.45, 7) is 2.54. The van der Waals surface area contributed by atoms with Crippen molar-refractivity contribution in [2.45, 2.75) is 26.2 Å². The lowest BCUT2D eigenvalue weighted by atomic mass is 9.96. The van der Waals surface area contributed by atoms with Gasteiger partial charge >= 0.3 is 0 Å². The summed E-state index contributed by atoms with van der Waals surface area (Å²) in [5.74, 6) is 0.998. The first-order valence-electron chi connectivity index (χ1n) is 7.01. The van der Waals surface area contributed by atoms with Crippen molar-refractivity contribution < 1.29 is 9.53 Å². The molecule has 1 aromatic carbocycles. The number of nitrogens with one attached hydrogen (secondary N) is 1. The summed E-state index contributed by atoms with van der Waals surface area (Å²) in [5, 5.41) is 4.04. The van der Waals surface area contributed by atoms with Crippen molar-refractivity contribution in [2.24, 2.45) is 11.0 Å². The van der Waals surface area contributed by atoms with Gasteiger partial charge in [0.15, 0.2) is 0 Å². The highest BCUT2D eigenvalue weighted by Crippen LogP contribution is 2.15. The third-order valence-corrected chi connectivity index (χ3v) is 3.19. The molecule has 0 unspecified atom stereocenters. The minimum Gasteiger partial charge on any atom is -0.494 e. The summed E-state index contributed by atoms with van der Waals surface area (Å²) in [7, 11) is 0. The number of hydrogen-bond acceptors (Lipinski definition) is 3. The van der Waals surface area contributed by atoms with Crippen molar-refractivity contribution in [3.8, 4) is 5.75 Å². The number of hydrogen-bond donors (Lipinski definition) is 1. The molecule has 0 saturated heterocycles. The zero-order valence-electron chi connectivity index (χ0n) is 11.7. The number of ether oxygens (including phenoxy) is 1. The standard InChI is InChI=1S/C16H20N2O2/c1-2-20-15-10-8-14(9-11-15)16(19)18-17-12-13-6-4-3-5-7-13/h3-4,8-13H,2,5-7H2,1H3,(H,18,19)/b17-12-/t13-/m0/s1. The van der Waals surface area contributed by atoms with Crippen LogP contribution >= 0.6 is 0 Å². The smallest absolute Gasteiger partial charge is 0.271 e. The highest BCUT2D eigenvalue weighted by molar-refractivity contribution is 5.94. The summed E-state index contributed by atoms with van der Waals surface area (Å²) in [5.41, 5.74) is 3.14. The van der Waals surface area contributed by atoms with Crippen LogP contribution in [0.25, 0.3) is 0 Å². The van der Waals surface area contributed by atoms with Gasteiger partial charge in [-0.3, -0.25) is 4.79 Å². The van der Waals surface area contributed by atoms with E-state index in [1.54, 1.807) is 24.3 Å². The Labute approximate surface area is 119 Å². The fourth-order valence-corrected chi connectivity index (χ4v) is 2.09. The van der Waals surface area contributed by atoms with E-state index < -0.39 is 0 Å². The number of amides is 1. The average molecular weight is 272 g/mol. The maximum Gasteiger partial charge on any atom is 0.271 e. The van der Waals surface area contributed by atoms with Crippen molar-refractivity contribution in [3.63, 3.8) is 0 Å². The van der Waals surface area contributed by atoms with Crippen LogP contribution in [0.4, 0.5) is 0 Å². The van der Waals surface area contributed by atoms with Crippen LogP contribution in [0, 0.1) is 5.92 Å². The van der Waals surface area contributed by atoms with Crippen LogP contribution in [0.3, 0.4) is 0 Å². The Morgan fingerprint density at radius 2 is 2.20 bits per heavy atom. The Kier molecular flexibility index (Phi) is 5.35. The largest absolute Gasteiger partial charge is 0.494 e. The van der Waals surface area contributed by atoms with Crippen LogP contribution in [0.1, 0.15) is 36.5 Å². The quantitative estimate of drug-likeness (QED) is 0.508. The van der Waals surface area contributed by atoms with Crippen LogP contribution in [0.5, 0.6) is 5.75 Å². The number of carbonyl (C=O) groups is 1. The first kappa shape index (κ1) is 14.3. The molecule has 1 aliphatic rings. The molecule has 4 heteroatoms. The number of nitrogens with zero attached hydrogens (tertiary/aromatic N) is 1. The fraction of sp³-hybridized carbons (Fsp3) is 0.375. The van der Waals surface area contributed by atoms with Crippen LogP contribution in [0.15, 0.2) is 41.5 Å². The van der Waals surface area contributed by atoms with Crippen LogP contribution in [0.2, 0.25) is 0 Å². The van der Waals surface area contributed by atoms with Crippen molar-refractivity contribution in [3.05, 3.63) is 42.0 Å². The number of allylic oxidation sites excluding steroid dienone is 2. The van der Waals surface area contributed by atoms with Gasteiger partial charge in [0, 0.05) is 11.8 Å². The summed E-state index contributed by atoms with van der Waals surface area (Å²) < 4.78 is 5.33. The zero-order valence-corrected chi connectivity index (χ0v) is 11.7. The monoisotopic (exact) mass is 272 g/mol. The minimum absolute atomic E-state index is 0.198. The van der Waals surface area contributed by atoms with Gasteiger partial charge in [-0.25, -0.2) is 5.43 Å². The Balaban J connectivity index is 1.84. The molecule has 2 rings (SSSR count). The molecule has 0 heterocycles. The first-order valence-corrected chi connectivity index (χ1v) is 7.01. The summed E-state index contributed by atoms with van der Waals surface area (Å²) in [4.78, 5) is 11.9. The number of benzene rings is 1. The summed E-state index contributed by atoms with van der Waals surface area (Å²) >= 11 is 0. The van der Waals surface area contributed by atoms with Crippen LogP contribution in [-0.2, 0) is 0 Å². The lowest BCUT2D eigenvalue weighted by molar-refractivity contribution is 0.0955. The Morgan fingerprint density at radius 3 is 2.85 bits per heavy atom. The highest BCUT2D eigenvalue weighted by atomic mass is 16.5. The topological polar surface area (TPSA) is 50.7 Å². The van der Waals surface area contributed by atoms with E-state index in [1.807, 2.05) is 13.1 Å². The molecule has 0 radical (unpaired) electrons. The molecule has 0 aromatic heterocycles. The third-order valence-electron chi connectivity index (χ3n) is 3.19. The van der Waals surface area contributed by atoms with Gasteiger partial charge in [-0.2, -0.15) is 5.10 Å². The Hall–Kier alpha value is -2.10. The van der Waals surface area contributed by atoms with Crippen molar-refractivity contribution in [2.75, 3.05) is 6.61 Å². The van der Waals surface area contributed by atoms with Gasteiger partial charge in [0.1, 0.15) is 5.75 Å². The molecule has 1 atom stereocenters. The van der Waals surface area contributed by atoms with E-state index in [9.17, 15) is 4.79 Å². The Bertz CT molecular complexity index is 492. The van der Waals surface area contributed by atoms with Crippen molar-refractivity contribution in [1.82, 2.24) is 5.43 Å². The number of carbonyl (C=O) groups excluding carboxylic acids is 1. The molecule has 1 N–H and O–H groups in total. The van der Waals surface area contributed by atoms with E-state index in [4.69, 9.17) is 4.74 Å². The molecule has 0 saturated carbocycles. The number of hydrazone groups is 1. The van der Waals surface area contributed by atoms with Crippen molar-refractivity contribution >= 4 is 12.1 Å².